The van der Waals surface area contributed by atoms with Crippen molar-refractivity contribution in [3.8, 4) is 5.75 Å². The summed E-state index contributed by atoms with van der Waals surface area (Å²) in [5.74, 6) is 2.15. The normalized spacial score (nSPS) is 26.5. The van der Waals surface area contributed by atoms with Gasteiger partial charge in [-0.2, -0.15) is 0 Å². The number of rotatable bonds is 3. The second kappa shape index (κ2) is 6.03. The highest BCUT2D eigenvalue weighted by atomic mass is 16.5. The maximum absolute atomic E-state index is 12.4. The van der Waals surface area contributed by atoms with Crippen LogP contribution in [0.15, 0.2) is 30.3 Å². The van der Waals surface area contributed by atoms with Crippen LogP contribution < -0.4 is 4.74 Å². The molecule has 1 saturated heterocycles. The largest absolute Gasteiger partial charge is 0.483 e. The molecule has 0 aromatic heterocycles. The van der Waals surface area contributed by atoms with Gasteiger partial charge >= 0.3 is 0 Å². The Morgan fingerprint density at radius 3 is 2.96 bits per heavy atom. The molecule has 1 unspecified atom stereocenters. The van der Waals surface area contributed by atoms with Crippen molar-refractivity contribution in [2.75, 3.05) is 13.1 Å². The van der Waals surface area contributed by atoms with Crippen molar-refractivity contribution in [1.29, 1.82) is 0 Å². The number of hydrogen-bond acceptors (Lipinski definition) is 2. The summed E-state index contributed by atoms with van der Waals surface area (Å²) in [6.07, 6.45) is 11.8. The molecule has 122 valence electrons. The molecule has 4 rings (SSSR count). The Labute approximate surface area is 138 Å². The molecule has 0 bridgehead atoms. The first-order valence-electron chi connectivity index (χ1n) is 8.99. The predicted molar refractivity (Wildman–Crippen MR) is 91.2 cm³/mol. The molecule has 3 nitrogen and oxygen atoms in total. The molecule has 1 atom stereocenters. The maximum atomic E-state index is 12.4. The van der Waals surface area contributed by atoms with Gasteiger partial charge in [0.25, 0.3) is 0 Å². The Hall–Kier alpha value is -1.77. The van der Waals surface area contributed by atoms with Gasteiger partial charge in [0.2, 0.25) is 5.91 Å². The van der Waals surface area contributed by atoms with Gasteiger partial charge in [-0.25, -0.2) is 0 Å². The van der Waals surface area contributed by atoms with Crippen LogP contribution in [-0.4, -0.2) is 29.5 Å². The van der Waals surface area contributed by atoms with Crippen LogP contribution >= 0.6 is 0 Å². The van der Waals surface area contributed by atoms with E-state index in [2.05, 4.69) is 23.1 Å². The molecule has 1 spiro atoms. The number of amides is 1. The molecule has 2 fully saturated rings. The second-order valence-electron chi connectivity index (χ2n) is 7.25. The Morgan fingerprint density at radius 1 is 1.22 bits per heavy atom. The number of fused-ring (bicyclic) bond motifs is 1. The number of likely N-dealkylation sites (tertiary alicyclic amines) is 1. The molecule has 1 aromatic carbocycles. The van der Waals surface area contributed by atoms with Crippen LogP contribution in [0.25, 0.3) is 6.08 Å². The number of carbonyl (C=O) groups excluding carboxylic acids is 1. The summed E-state index contributed by atoms with van der Waals surface area (Å²) in [5, 5.41) is 0. The molecule has 1 aliphatic carbocycles. The van der Waals surface area contributed by atoms with E-state index in [9.17, 15) is 4.79 Å². The quantitative estimate of drug-likeness (QED) is 0.843. The molecule has 23 heavy (non-hydrogen) atoms. The lowest BCUT2D eigenvalue weighted by atomic mass is 9.91. The van der Waals surface area contributed by atoms with Crippen molar-refractivity contribution in [3.63, 3.8) is 0 Å². The zero-order valence-electron chi connectivity index (χ0n) is 13.7. The summed E-state index contributed by atoms with van der Waals surface area (Å²) < 4.78 is 6.35. The molecular weight excluding hydrogens is 286 g/mol. The minimum Gasteiger partial charge on any atom is -0.483 e. The number of ether oxygens (including phenoxy) is 1. The highest BCUT2D eigenvalue weighted by Gasteiger charge is 2.35. The van der Waals surface area contributed by atoms with Crippen LogP contribution in [0.5, 0.6) is 5.75 Å². The molecule has 1 aromatic rings. The maximum Gasteiger partial charge on any atom is 0.222 e. The lowest BCUT2D eigenvalue weighted by molar-refractivity contribution is -0.131. The lowest BCUT2D eigenvalue weighted by Gasteiger charge is -2.34. The standard InChI is InChI=1S/C20H25NO2/c22-19(9-8-16-6-7-16)21-14-3-11-20(13-15-21)12-10-17-4-1-2-5-18(17)23-20/h1-2,4-5,10,12,16H,3,6-9,11,13-15H2. The number of carbonyl (C=O) groups is 1. The third-order valence-corrected chi connectivity index (χ3v) is 5.45. The lowest BCUT2D eigenvalue weighted by Crippen LogP contribution is -2.38. The Kier molecular flexibility index (Phi) is 3.88. The van der Waals surface area contributed by atoms with Gasteiger partial charge in [-0.3, -0.25) is 4.79 Å². The van der Waals surface area contributed by atoms with Crippen LogP contribution in [0.2, 0.25) is 0 Å². The van der Waals surface area contributed by atoms with Gasteiger partial charge in [0, 0.05) is 31.5 Å². The van der Waals surface area contributed by atoms with Crippen LogP contribution in [0, 0.1) is 5.92 Å². The summed E-state index contributed by atoms with van der Waals surface area (Å²) >= 11 is 0. The van der Waals surface area contributed by atoms with Gasteiger partial charge < -0.3 is 9.64 Å². The van der Waals surface area contributed by atoms with E-state index in [4.69, 9.17) is 4.74 Å². The van der Waals surface area contributed by atoms with Gasteiger partial charge in [0.05, 0.1) is 0 Å². The van der Waals surface area contributed by atoms with Crippen molar-refractivity contribution >= 4 is 12.0 Å². The van der Waals surface area contributed by atoms with E-state index < -0.39 is 0 Å². The molecule has 0 N–H and O–H groups in total. The first-order chi connectivity index (χ1) is 11.2. The zero-order valence-corrected chi connectivity index (χ0v) is 13.7. The average molecular weight is 311 g/mol. The summed E-state index contributed by atoms with van der Waals surface area (Å²) in [4.78, 5) is 14.5. The van der Waals surface area contributed by atoms with E-state index in [-0.39, 0.29) is 5.60 Å². The Balaban J connectivity index is 1.40. The number of para-hydroxylation sites is 1. The molecule has 3 heteroatoms. The molecule has 2 heterocycles. The predicted octanol–water partition coefficient (Wildman–Crippen LogP) is 4.03. The minimum absolute atomic E-state index is 0.222. The van der Waals surface area contributed by atoms with Gasteiger partial charge in [0.1, 0.15) is 11.4 Å². The molecular formula is C20H25NO2. The van der Waals surface area contributed by atoms with Gasteiger partial charge in [-0.1, -0.05) is 37.1 Å². The molecule has 1 saturated carbocycles. The van der Waals surface area contributed by atoms with Crippen LogP contribution in [-0.2, 0) is 4.79 Å². The fraction of sp³-hybridized carbons (Fsp3) is 0.550. The van der Waals surface area contributed by atoms with Crippen molar-refractivity contribution in [3.05, 3.63) is 35.9 Å². The van der Waals surface area contributed by atoms with Crippen molar-refractivity contribution in [2.24, 2.45) is 5.92 Å². The van der Waals surface area contributed by atoms with E-state index in [1.807, 2.05) is 18.2 Å². The van der Waals surface area contributed by atoms with Gasteiger partial charge in [-0.05, 0) is 37.3 Å². The SMILES string of the molecule is O=C(CCC1CC1)N1CCCC2(C=Cc3ccccc3O2)CC1. The summed E-state index contributed by atoms with van der Waals surface area (Å²) in [5.41, 5.74) is 0.930. The second-order valence-corrected chi connectivity index (χ2v) is 7.25. The fourth-order valence-corrected chi connectivity index (χ4v) is 3.75. The third kappa shape index (κ3) is 3.29. The van der Waals surface area contributed by atoms with Crippen molar-refractivity contribution in [1.82, 2.24) is 4.90 Å². The average Bonchev–Trinajstić information content (AvgIpc) is 3.40. The Morgan fingerprint density at radius 2 is 2.09 bits per heavy atom. The highest BCUT2D eigenvalue weighted by Crippen LogP contribution is 2.37. The van der Waals surface area contributed by atoms with E-state index in [0.29, 0.717) is 5.91 Å². The van der Waals surface area contributed by atoms with E-state index >= 15 is 0 Å². The number of benzene rings is 1. The van der Waals surface area contributed by atoms with Gasteiger partial charge in [0.15, 0.2) is 0 Å². The van der Waals surface area contributed by atoms with Crippen molar-refractivity contribution in [2.45, 2.75) is 50.5 Å². The van der Waals surface area contributed by atoms with Gasteiger partial charge in [-0.15, -0.1) is 0 Å². The first kappa shape index (κ1) is 14.8. The zero-order chi connectivity index (χ0) is 15.7. The topological polar surface area (TPSA) is 29.5 Å². The van der Waals surface area contributed by atoms with Crippen molar-refractivity contribution < 1.29 is 9.53 Å². The molecule has 3 aliphatic rings. The van der Waals surface area contributed by atoms with E-state index in [0.717, 1.165) is 62.4 Å². The summed E-state index contributed by atoms with van der Waals surface area (Å²) in [6, 6.07) is 8.20. The third-order valence-electron chi connectivity index (χ3n) is 5.45. The van der Waals surface area contributed by atoms with E-state index in [1.54, 1.807) is 0 Å². The van der Waals surface area contributed by atoms with Crippen LogP contribution in [0.1, 0.15) is 50.5 Å². The summed E-state index contributed by atoms with van der Waals surface area (Å²) in [7, 11) is 0. The van der Waals surface area contributed by atoms with Crippen LogP contribution in [0.4, 0.5) is 0 Å². The minimum atomic E-state index is -0.222. The molecule has 2 aliphatic heterocycles. The number of hydrogen-bond donors (Lipinski definition) is 0. The smallest absolute Gasteiger partial charge is 0.222 e. The first-order valence-corrected chi connectivity index (χ1v) is 8.99. The molecule has 0 radical (unpaired) electrons. The monoisotopic (exact) mass is 311 g/mol. The Bertz CT molecular complexity index is 620. The van der Waals surface area contributed by atoms with Crippen LogP contribution in [0.3, 0.4) is 0 Å². The molecule has 1 amide bonds. The highest BCUT2D eigenvalue weighted by molar-refractivity contribution is 5.76. The summed E-state index contributed by atoms with van der Waals surface area (Å²) in [6.45, 7) is 1.69. The van der Waals surface area contributed by atoms with E-state index in [1.165, 1.54) is 12.8 Å². The number of nitrogens with zero attached hydrogens (tertiary/aromatic N) is 1. The fourth-order valence-electron chi connectivity index (χ4n) is 3.75.